The van der Waals surface area contributed by atoms with Crippen molar-refractivity contribution in [3.8, 4) is 11.4 Å². The monoisotopic (exact) mass is 571 g/mol. The summed E-state index contributed by atoms with van der Waals surface area (Å²) in [7, 11) is 0. The number of hydrogen-bond acceptors (Lipinski definition) is 7. The lowest BCUT2D eigenvalue weighted by molar-refractivity contribution is -0.255. The molecule has 0 fully saturated rings. The topological polar surface area (TPSA) is 135 Å². The third-order valence-corrected chi connectivity index (χ3v) is 8.14. The second-order valence-electron chi connectivity index (χ2n) is 10.7. The van der Waals surface area contributed by atoms with Gasteiger partial charge in [0.2, 0.25) is 0 Å². The second-order valence-corrected chi connectivity index (χ2v) is 10.7. The van der Waals surface area contributed by atoms with E-state index in [1.54, 1.807) is 36.4 Å². The average Bonchev–Trinajstić information content (AvgIpc) is 3.38. The maximum Gasteiger partial charge on any atom is 0.266 e. The van der Waals surface area contributed by atoms with Gasteiger partial charge in [0.05, 0.1) is 38.9 Å². The van der Waals surface area contributed by atoms with Crippen molar-refractivity contribution in [2.45, 2.75) is 27.7 Å². The molecule has 0 saturated carbocycles. The van der Waals surface area contributed by atoms with E-state index >= 15 is 0 Å². The van der Waals surface area contributed by atoms with Crippen LogP contribution in [0.4, 0.5) is 0 Å². The minimum Gasteiger partial charge on any atom is -0.545 e. The van der Waals surface area contributed by atoms with Gasteiger partial charge in [-0.05, 0) is 85.8 Å². The molecule has 0 N–H and O–H groups in total. The van der Waals surface area contributed by atoms with E-state index in [9.17, 15) is 33.9 Å². The van der Waals surface area contributed by atoms with E-state index in [1.807, 2.05) is 27.7 Å². The molecule has 2 heterocycles. The molecule has 9 nitrogen and oxygen atoms in total. The summed E-state index contributed by atoms with van der Waals surface area (Å²) in [4.78, 5) is 80.9. The number of benzene rings is 4. The van der Waals surface area contributed by atoms with E-state index in [-0.39, 0.29) is 49.6 Å². The maximum absolute atomic E-state index is 14.1. The fourth-order valence-electron chi connectivity index (χ4n) is 5.44. The van der Waals surface area contributed by atoms with Gasteiger partial charge in [-0.1, -0.05) is 36.4 Å². The van der Waals surface area contributed by atoms with Crippen molar-refractivity contribution in [2.24, 2.45) is 0 Å². The number of aromatic nitrogens is 2. The standard InChI is InChI=1S/C34H24N2O7/c1-16-5-11-22(13-18(16)3)35-30(38)24-15-25-27(33(41)36(31(25)39)23-12-6-17(2)19(4)14-23)28(26(24)32(35)40)29(37)20-7-9-21(10-8-20)34(42)43/h5-15H,1-4H3,(H,42,43)/p-1. The number of carboxylic acids is 1. The minimum atomic E-state index is -1.45. The fourth-order valence-corrected chi connectivity index (χ4v) is 5.44. The van der Waals surface area contributed by atoms with Gasteiger partial charge in [0.25, 0.3) is 22.2 Å². The average molecular weight is 572 g/mol. The molecule has 0 saturated heterocycles. The Labute approximate surface area is 243 Å². The number of carbonyl (C=O) groups excluding carboxylic acids is 2. The Hall–Kier alpha value is -5.70. The first-order chi connectivity index (χ1) is 20.4. The summed E-state index contributed by atoms with van der Waals surface area (Å²) >= 11 is 0. The molecular weight excluding hydrogens is 548 g/mol. The molecule has 0 aliphatic rings. The van der Waals surface area contributed by atoms with Crippen molar-refractivity contribution in [3.05, 3.63) is 147 Å². The molecule has 4 aromatic carbocycles. The SMILES string of the molecule is Cc1ccc(-n2c(=O)c3cc4c(=O)n(-c5ccc(C)c(C)c5)c(=O)c4c(C(=O)c4ccc(C(=O)[O-])cc4)c3c2=O)cc1C. The molecule has 0 spiro atoms. The molecular formula is C34H23N2O7-. The first-order valence-electron chi connectivity index (χ1n) is 13.4. The number of rotatable bonds is 5. The maximum atomic E-state index is 14.1. The van der Waals surface area contributed by atoms with Crippen LogP contribution in [-0.4, -0.2) is 20.9 Å². The molecule has 0 bridgehead atoms. The van der Waals surface area contributed by atoms with E-state index in [0.29, 0.717) is 0 Å². The number of carboxylic acid groups (broad SMARTS) is 1. The zero-order valence-corrected chi connectivity index (χ0v) is 23.6. The third-order valence-electron chi connectivity index (χ3n) is 8.14. The van der Waals surface area contributed by atoms with Crippen LogP contribution in [0.5, 0.6) is 0 Å². The summed E-state index contributed by atoms with van der Waals surface area (Å²) < 4.78 is 1.86. The molecule has 6 aromatic rings. The zero-order chi connectivity index (χ0) is 30.9. The Bertz CT molecular complexity index is 2270. The Morgan fingerprint density at radius 1 is 0.535 bits per heavy atom. The number of ketones is 1. The number of aryl methyl sites for hydroxylation is 4. The van der Waals surface area contributed by atoms with E-state index in [4.69, 9.17) is 0 Å². The lowest BCUT2D eigenvalue weighted by atomic mass is 9.94. The van der Waals surface area contributed by atoms with Crippen molar-refractivity contribution in [1.29, 1.82) is 0 Å². The Balaban J connectivity index is 1.76. The number of carbonyl (C=O) groups is 2. The third kappa shape index (κ3) is 4.08. The van der Waals surface area contributed by atoms with Crippen LogP contribution < -0.4 is 27.3 Å². The molecule has 2 aromatic heterocycles. The molecule has 9 heteroatoms. The van der Waals surface area contributed by atoms with Gasteiger partial charge in [-0.2, -0.15) is 0 Å². The summed E-state index contributed by atoms with van der Waals surface area (Å²) in [5.41, 5.74) is 0.381. The summed E-state index contributed by atoms with van der Waals surface area (Å²) in [5, 5.41) is 10.3. The first-order valence-corrected chi connectivity index (χ1v) is 13.4. The molecule has 43 heavy (non-hydrogen) atoms. The number of hydrogen-bond donors (Lipinski definition) is 0. The predicted molar refractivity (Wildman–Crippen MR) is 161 cm³/mol. The minimum absolute atomic E-state index is 0.0460. The molecule has 0 amide bonds. The van der Waals surface area contributed by atoms with E-state index < -0.39 is 34.0 Å². The fraction of sp³-hybridized carbons (Fsp3) is 0.118. The molecule has 212 valence electrons. The van der Waals surface area contributed by atoms with Crippen LogP contribution in [-0.2, 0) is 0 Å². The second kappa shape index (κ2) is 9.70. The molecule has 0 atom stereocenters. The highest BCUT2D eigenvalue weighted by Crippen LogP contribution is 2.27. The van der Waals surface area contributed by atoms with Crippen molar-refractivity contribution in [3.63, 3.8) is 0 Å². The quantitative estimate of drug-likeness (QED) is 0.290. The van der Waals surface area contributed by atoms with Crippen LogP contribution >= 0.6 is 0 Å². The van der Waals surface area contributed by atoms with Crippen molar-refractivity contribution in [2.75, 3.05) is 0 Å². The first kappa shape index (κ1) is 27.5. The van der Waals surface area contributed by atoms with Gasteiger partial charge in [-0.3, -0.25) is 24.0 Å². The smallest absolute Gasteiger partial charge is 0.266 e. The van der Waals surface area contributed by atoms with E-state index in [2.05, 4.69) is 0 Å². The highest BCUT2D eigenvalue weighted by atomic mass is 16.4. The lowest BCUT2D eigenvalue weighted by Gasteiger charge is -2.07. The Kier molecular flexibility index (Phi) is 6.19. The largest absolute Gasteiger partial charge is 0.545 e. The summed E-state index contributed by atoms with van der Waals surface area (Å²) in [6, 6.07) is 16.1. The van der Waals surface area contributed by atoms with Crippen molar-refractivity contribution < 1.29 is 14.7 Å². The highest BCUT2D eigenvalue weighted by Gasteiger charge is 2.29. The number of aromatic carboxylic acids is 1. The van der Waals surface area contributed by atoms with Crippen LogP contribution in [0, 0.1) is 27.7 Å². The van der Waals surface area contributed by atoms with Gasteiger partial charge in [0.1, 0.15) is 0 Å². The molecule has 0 unspecified atom stereocenters. The summed E-state index contributed by atoms with van der Waals surface area (Å²) in [5.74, 6) is -2.26. The summed E-state index contributed by atoms with van der Waals surface area (Å²) in [6.07, 6.45) is 0. The van der Waals surface area contributed by atoms with Crippen LogP contribution in [0.1, 0.15) is 48.5 Å². The van der Waals surface area contributed by atoms with Crippen LogP contribution in [0.15, 0.2) is 85.9 Å². The molecule has 0 radical (unpaired) electrons. The van der Waals surface area contributed by atoms with E-state index in [0.717, 1.165) is 43.5 Å². The van der Waals surface area contributed by atoms with Gasteiger partial charge in [0.15, 0.2) is 5.78 Å². The van der Waals surface area contributed by atoms with Gasteiger partial charge in [0, 0.05) is 11.1 Å². The molecule has 6 rings (SSSR count). The van der Waals surface area contributed by atoms with E-state index in [1.165, 1.54) is 18.2 Å². The van der Waals surface area contributed by atoms with Gasteiger partial charge in [-0.25, -0.2) is 9.13 Å². The normalized spacial score (nSPS) is 11.4. The molecule has 0 aliphatic carbocycles. The van der Waals surface area contributed by atoms with Crippen LogP contribution in [0.25, 0.3) is 32.9 Å². The number of fused-ring (bicyclic) bond motifs is 2. The number of nitrogens with zero attached hydrogens (tertiary/aromatic N) is 2. The van der Waals surface area contributed by atoms with Crippen LogP contribution in [0.2, 0.25) is 0 Å². The summed E-state index contributed by atoms with van der Waals surface area (Å²) in [6.45, 7) is 7.42. The van der Waals surface area contributed by atoms with Gasteiger partial charge >= 0.3 is 0 Å². The van der Waals surface area contributed by atoms with Gasteiger partial charge < -0.3 is 9.90 Å². The Morgan fingerprint density at radius 2 is 0.953 bits per heavy atom. The molecule has 0 aliphatic heterocycles. The zero-order valence-electron chi connectivity index (χ0n) is 23.6. The lowest BCUT2D eigenvalue weighted by Crippen LogP contribution is -2.25. The highest BCUT2D eigenvalue weighted by molar-refractivity contribution is 6.24. The predicted octanol–water partition coefficient (Wildman–Crippen LogP) is 2.72. The van der Waals surface area contributed by atoms with Crippen LogP contribution in [0.3, 0.4) is 0 Å². The van der Waals surface area contributed by atoms with Crippen molar-refractivity contribution in [1.82, 2.24) is 9.13 Å². The van der Waals surface area contributed by atoms with Crippen molar-refractivity contribution >= 4 is 33.3 Å². The Morgan fingerprint density at radius 3 is 1.35 bits per heavy atom. The van der Waals surface area contributed by atoms with Gasteiger partial charge in [-0.15, -0.1) is 0 Å².